The van der Waals surface area contributed by atoms with Gasteiger partial charge in [0.2, 0.25) is 0 Å². The van der Waals surface area contributed by atoms with Gasteiger partial charge in [-0.1, -0.05) is 35.5 Å². The predicted molar refractivity (Wildman–Crippen MR) is 57.5 cm³/mol. The summed E-state index contributed by atoms with van der Waals surface area (Å²) >= 11 is 0. The van der Waals surface area contributed by atoms with Crippen molar-refractivity contribution in [3.8, 4) is 0 Å². The van der Waals surface area contributed by atoms with E-state index < -0.39 is 0 Å². The quantitative estimate of drug-likeness (QED) is 0.429. The van der Waals surface area contributed by atoms with E-state index in [-0.39, 0.29) is 5.97 Å². The molecule has 0 radical (unpaired) electrons. The van der Waals surface area contributed by atoms with E-state index in [1.54, 1.807) is 0 Å². The lowest BCUT2D eigenvalue weighted by molar-refractivity contribution is -0.140. The van der Waals surface area contributed by atoms with E-state index in [1.165, 1.54) is 6.92 Å². The molecule has 1 aliphatic carbocycles. The summed E-state index contributed by atoms with van der Waals surface area (Å²) in [5.74, 6) is 0.0934. The Morgan fingerprint density at radius 3 is 2.53 bits per heavy atom. The molecule has 0 amide bonds. The van der Waals surface area contributed by atoms with E-state index in [1.807, 2.05) is 30.3 Å². The highest BCUT2D eigenvalue weighted by Gasteiger charge is 2.29. The first-order valence-electron chi connectivity index (χ1n) is 5.08. The fraction of sp³-hybridized carbons (Fsp3) is 0.333. The number of rotatable bonds is 3. The monoisotopic (exact) mass is 203 g/mol. The highest BCUT2D eigenvalue weighted by atomic mass is 16.7. The molecule has 3 heteroatoms. The zero-order valence-electron chi connectivity index (χ0n) is 8.64. The maximum atomic E-state index is 10.7. The molecule has 1 saturated carbocycles. The van der Waals surface area contributed by atoms with Crippen molar-refractivity contribution >= 4 is 11.7 Å². The van der Waals surface area contributed by atoms with Crippen molar-refractivity contribution in [2.24, 2.45) is 11.1 Å². The van der Waals surface area contributed by atoms with Gasteiger partial charge in [-0.15, -0.1) is 0 Å². The smallest absolute Gasteiger partial charge is 0.318 e. The number of hydrogen-bond acceptors (Lipinski definition) is 3. The molecule has 0 N–H and O–H groups in total. The Labute approximate surface area is 88.7 Å². The van der Waals surface area contributed by atoms with Crippen molar-refractivity contribution in [2.75, 3.05) is 0 Å². The van der Waals surface area contributed by atoms with Gasteiger partial charge in [0.1, 0.15) is 0 Å². The van der Waals surface area contributed by atoms with Crippen molar-refractivity contribution in [1.29, 1.82) is 0 Å². The van der Waals surface area contributed by atoms with Crippen molar-refractivity contribution in [3.05, 3.63) is 35.9 Å². The van der Waals surface area contributed by atoms with E-state index in [2.05, 4.69) is 5.16 Å². The number of nitrogens with zero attached hydrogens (tertiary/aromatic N) is 1. The van der Waals surface area contributed by atoms with Crippen LogP contribution < -0.4 is 0 Å². The Kier molecular flexibility index (Phi) is 2.81. The molecule has 0 bridgehead atoms. The lowest BCUT2D eigenvalue weighted by atomic mass is 10.1. The summed E-state index contributed by atoms with van der Waals surface area (Å²) in [7, 11) is 0. The van der Waals surface area contributed by atoms with Gasteiger partial charge in [0, 0.05) is 12.8 Å². The maximum Gasteiger partial charge on any atom is 0.331 e. The Bertz CT molecular complexity index is 380. The molecule has 0 heterocycles. The average molecular weight is 203 g/mol. The van der Waals surface area contributed by atoms with E-state index in [0.717, 1.165) is 24.1 Å². The second kappa shape index (κ2) is 4.26. The molecule has 0 unspecified atom stereocenters. The van der Waals surface area contributed by atoms with Crippen LogP contribution in [0, 0.1) is 5.92 Å². The second-order valence-corrected chi connectivity index (χ2v) is 3.70. The van der Waals surface area contributed by atoms with Gasteiger partial charge < -0.3 is 4.84 Å². The molecule has 0 saturated heterocycles. The summed E-state index contributed by atoms with van der Waals surface area (Å²) in [5.41, 5.74) is 1.94. The van der Waals surface area contributed by atoms with Crippen LogP contribution in [0.15, 0.2) is 35.5 Å². The molecule has 0 spiro atoms. The Balaban J connectivity index is 2.20. The van der Waals surface area contributed by atoms with E-state index >= 15 is 0 Å². The summed E-state index contributed by atoms with van der Waals surface area (Å²) in [6, 6.07) is 9.85. The van der Waals surface area contributed by atoms with Crippen LogP contribution in [0.3, 0.4) is 0 Å². The summed E-state index contributed by atoms with van der Waals surface area (Å²) in [5, 5.41) is 3.92. The van der Waals surface area contributed by atoms with Crippen LogP contribution in [0.1, 0.15) is 25.3 Å². The molecule has 78 valence electrons. The number of carbonyl (C=O) groups excluding carboxylic acids is 1. The Morgan fingerprint density at radius 1 is 1.33 bits per heavy atom. The third-order valence-corrected chi connectivity index (χ3v) is 2.31. The predicted octanol–water partition coefficient (Wildman–Crippen LogP) is 2.36. The third-order valence-electron chi connectivity index (χ3n) is 2.31. The van der Waals surface area contributed by atoms with Crippen molar-refractivity contribution in [3.63, 3.8) is 0 Å². The Morgan fingerprint density at radius 2 is 2.00 bits per heavy atom. The van der Waals surface area contributed by atoms with Gasteiger partial charge in [-0.2, -0.15) is 0 Å². The summed E-state index contributed by atoms with van der Waals surface area (Å²) in [6.07, 6.45) is 2.27. The van der Waals surface area contributed by atoms with Crippen LogP contribution >= 0.6 is 0 Å². The molecule has 3 nitrogen and oxygen atoms in total. The van der Waals surface area contributed by atoms with Crippen LogP contribution in [0.5, 0.6) is 0 Å². The van der Waals surface area contributed by atoms with Gasteiger partial charge >= 0.3 is 5.97 Å². The first-order chi connectivity index (χ1) is 7.27. The first kappa shape index (κ1) is 9.90. The summed E-state index contributed by atoms with van der Waals surface area (Å²) in [6.45, 7) is 1.36. The molecule has 2 rings (SSSR count). The van der Waals surface area contributed by atoms with Gasteiger partial charge in [0.15, 0.2) is 0 Å². The normalized spacial score (nSPS) is 16.2. The van der Waals surface area contributed by atoms with Crippen LogP contribution in [0.25, 0.3) is 0 Å². The molecule has 0 atom stereocenters. The SMILES string of the molecule is CC(=O)O/N=C(\c1ccccc1)C1CC1. The zero-order valence-corrected chi connectivity index (χ0v) is 8.64. The number of hydrogen-bond donors (Lipinski definition) is 0. The fourth-order valence-electron chi connectivity index (χ4n) is 1.44. The number of carbonyl (C=O) groups is 1. The summed E-state index contributed by atoms with van der Waals surface area (Å²) in [4.78, 5) is 15.4. The van der Waals surface area contributed by atoms with Crippen LogP contribution in [0.2, 0.25) is 0 Å². The molecule has 1 aliphatic rings. The number of oxime groups is 1. The molecular formula is C12H13NO2. The molecule has 0 aromatic heterocycles. The van der Waals surface area contributed by atoms with Gasteiger partial charge in [0.05, 0.1) is 5.71 Å². The molecular weight excluding hydrogens is 190 g/mol. The second-order valence-electron chi connectivity index (χ2n) is 3.70. The third kappa shape index (κ3) is 2.65. The molecule has 1 fully saturated rings. The van der Waals surface area contributed by atoms with Gasteiger partial charge in [-0.3, -0.25) is 0 Å². The number of benzene rings is 1. The minimum absolute atomic E-state index is 0.371. The minimum Gasteiger partial charge on any atom is -0.318 e. The minimum atomic E-state index is -0.371. The fourth-order valence-corrected chi connectivity index (χ4v) is 1.44. The van der Waals surface area contributed by atoms with Gasteiger partial charge in [0.25, 0.3) is 0 Å². The van der Waals surface area contributed by atoms with Gasteiger partial charge in [-0.05, 0) is 18.4 Å². The zero-order chi connectivity index (χ0) is 10.7. The Hall–Kier alpha value is -1.64. The molecule has 0 aliphatic heterocycles. The molecule has 1 aromatic rings. The van der Waals surface area contributed by atoms with Crippen molar-refractivity contribution < 1.29 is 9.63 Å². The summed E-state index contributed by atoms with van der Waals surface area (Å²) < 4.78 is 0. The standard InChI is InChI=1S/C12H13NO2/c1-9(14)15-13-12(11-7-8-11)10-5-3-2-4-6-10/h2-6,11H,7-8H2,1H3/b13-12+. The lowest BCUT2D eigenvalue weighted by Gasteiger charge is -2.03. The van der Waals surface area contributed by atoms with E-state index in [0.29, 0.717) is 5.92 Å². The topological polar surface area (TPSA) is 38.7 Å². The molecule has 15 heavy (non-hydrogen) atoms. The van der Waals surface area contributed by atoms with E-state index in [9.17, 15) is 4.79 Å². The average Bonchev–Trinajstić information content (AvgIpc) is 3.03. The highest BCUT2D eigenvalue weighted by molar-refractivity contribution is 6.03. The maximum absolute atomic E-state index is 10.7. The first-order valence-corrected chi connectivity index (χ1v) is 5.08. The highest BCUT2D eigenvalue weighted by Crippen LogP contribution is 2.33. The largest absolute Gasteiger partial charge is 0.331 e. The molecule has 1 aromatic carbocycles. The van der Waals surface area contributed by atoms with Crippen LogP contribution in [-0.2, 0) is 9.63 Å². The van der Waals surface area contributed by atoms with E-state index in [4.69, 9.17) is 4.84 Å². The van der Waals surface area contributed by atoms with Crippen LogP contribution in [-0.4, -0.2) is 11.7 Å². The van der Waals surface area contributed by atoms with Crippen molar-refractivity contribution in [1.82, 2.24) is 0 Å². The lowest BCUT2D eigenvalue weighted by Crippen LogP contribution is -2.05. The van der Waals surface area contributed by atoms with Gasteiger partial charge in [-0.25, -0.2) is 4.79 Å². The van der Waals surface area contributed by atoms with Crippen LogP contribution in [0.4, 0.5) is 0 Å². The van der Waals surface area contributed by atoms with Crippen molar-refractivity contribution in [2.45, 2.75) is 19.8 Å².